The smallest absolute Gasteiger partial charge is 0.156 e. The first-order chi connectivity index (χ1) is 8.96. The Morgan fingerprint density at radius 1 is 1.26 bits per heavy atom. The first-order valence-electron chi connectivity index (χ1n) is 6.58. The predicted molar refractivity (Wildman–Crippen MR) is 78.1 cm³/mol. The fraction of sp³-hybridized carbons (Fsp3) is 0.467. The van der Waals surface area contributed by atoms with Crippen LogP contribution in [0.1, 0.15) is 27.2 Å². The number of aromatic nitrogens is 2. The highest BCUT2D eigenvalue weighted by Crippen LogP contribution is 2.22. The molecule has 0 bridgehead atoms. The molecule has 1 aromatic carbocycles. The first kappa shape index (κ1) is 13.7. The molecule has 2 aromatic rings. The fourth-order valence-corrected chi connectivity index (χ4v) is 2.15. The maximum absolute atomic E-state index is 10.0. The van der Waals surface area contributed by atoms with Crippen LogP contribution in [0.3, 0.4) is 0 Å². The van der Waals surface area contributed by atoms with Crippen molar-refractivity contribution in [2.24, 2.45) is 5.41 Å². The Bertz CT molecular complexity index is 543. The van der Waals surface area contributed by atoms with E-state index in [4.69, 9.17) is 0 Å². The molecular weight excluding hydrogens is 238 g/mol. The molecular formula is C15H21N3O. The number of hydrogen-bond acceptors (Lipinski definition) is 4. The third-order valence-corrected chi connectivity index (χ3v) is 2.92. The summed E-state index contributed by atoms with van der Waals surface area (Å²) in [6.45, 7) is 6.84. The molecule has 1 heterocycles. The zero-order valence-corrected chi connectivity index (χ0v) is 11.7. The number of benzene rings is 1. The molecule has 0 fully saturated rings. The monoisotopic (exact) mass is 259 g/mol. The Balaban J connectivity index is 2.06. The lowest BCUT2D eigenvalue weighted by Crippen LogP contribution is -2.25. The number of aliphatic hydroxyl groups is 1. The van der Waals surface area contributed by atoms with Crippen LogP contribution in [0.5, 0.6) is 0 Å². The van der Waals surface area contributed by atoms with Crippen LogP contribution in [0.25, 0.3) is 10.8 Å². The molecule has 4 nitrogen and oxygen atoms in total. The van der Waals surface area contributed by atoms with Gasteiger partial charge in [-0.05, 0) is 11.8 Å². The van der Waals surface area contributed by atoms with Gasteiger partial charge in [-0.15, -0.1) is 5.10 Å². The maximum Gasteiger partial charge on any atom is 0.156 e. The maximum atomic E-state index is 10.0. The van der Waals surface area contributed by atoms with Gasteiger partial charge < -0.3 is 10.4 Å². The summed E-state index contributed by atoms with van der Waals surface area (Å²) >= 11 is 0. The highest BCUT2D eigenvalue weighted by atomic mass is 16.3. The Morgan fingerprint density at radius 3 is 2.74 bits per heavy atom. The van der Waals surface area contributed by atoms with E-state index in [9.17, 15) is 5.11 Å². The second-order valence-corrected chi connectivity index (χ2v) is 6.08. The molecule has 0 saturated carbocycles. The number of anilines is 1. The van der Waals surface area contributed by atoms with Gasteiger partial charge in [0.2, 0.25) is 0 Å². The summed E-state index contributed by atoms with van der Waals surface area (Å²) in [5.74, 6) is 0.728. The summed E-state index contributed by atoms with van der Waals surface area (Å²) < 4.78 is 0. The van der Waals surface area contributed by atoms with Crippen molar-refractivity contribution >= 4 is 16.6 Å². The normalized spacial score (nSPS) is 13.5. The van der Waals surface area contributed by atoms with Crippen LogP contribution >= 0.6 is 0 Å². The zero-order valence-electron chi connectivity index (χ0n) is 11.7. The summed E-state index contributed by atoms with van der Waals surface area (Å²) in [5, 5.41) is 23.3. The molecule has 0 saturated heterocycles. The van der Waals surface area contributed by atoms with Gasteiger partial charge in [-0.3, -0.25) is 0 Å². The number of fused-ring (bicyclic) bond motifs is 1. The fourth-order valence-electron chi connectivity index (χ4n) is 2.15. The highest BCUT2D eigenvalue weighted by Gasteiger charge is 2.16. The van der Waals surface area contributed by atoms with Crippen molar-refractivity contribution in [3.05, 3.63) is 30.5 Å². The topological polar surface area (TPSA) is 58.0 Å². The number of aliphatic hydroxyl groups excluding tert-OH is 1. The van der Waals surface area contributed by atoms with Crippen molar-refractivity contribution in [1.82, 2.24) is 10.2 Å². The molecule has 4 heteroatoms. The second kappa shape index (κ2) is 5.53. The standard InChI is InChI=1S/C15H21N3O/c1-15(2,3)8-12(19)10-16-14-13-7-5-4-6-11(13)9-17-18-14/h4-7,9,12,19H,8,10H2,1-3H3,(H,16,18). The Morgan fingerprint density at radius 2 is 2.00 bits per heavy atom. The molecule has 1 atom stereocenters. The number of nitrogens with one attached hydrogen (secondary N) is 1. The summed E-state index contributed by atoms with van der Waals surface area (Å²) in [6.07, 6.45) is 2.10. The van der Waals surface area contributed by atoms with E-state index in [1.165, 1.54) is 0 Å². The van der Waals surface area contributed by atoms with E-state index in [-0.39, 0.29) is 11.5 Å². The van der Waals surface area contributed by atoms with Crippen LogP contribution < -0.4 is 5.32 Å². The number of nitrogens with zero attached hydrogens (tertiary/aromatic N) is 2. The van der Waals surface area contributed by atoms with E-state index >= 15 is 0 Å². The third-order valence-electron chi connectivity index (χ3n) is 2.92. The summed E-state index contributed by atoms with van der Waals surface area (Å²) in [7, 11) is 0. The third kappa shape index (κ3) is 3.89. The van der Waals surface area contributed by atoms with Crippen molar-refractivity contribution in [3.8, 4) is 0 Å². The molecule has 1 unspecified atom stereocenters. The van der Waals surface area contributed by atoms with Gasteiger partial charge >= 0.3 is 0 Å². The highest BCUT2D eigenvalue weighted by molar-refractivity contribution is 5.90. The van der Waals surface area contributed by atoms with Crippen LogP contribution in [-0.2, 0) is 0 Å². The SMILES string of the molecule is CC(C)(C)CC(O)CNc1nncc2ccccc12. The molecule has 2 rings (SSSR count). The molecule has 0 aliphatic rings. The van der Waals surface area contributed by atoms with Crippen LogP contribution in [0.2, 0.25) is 0 Å². The Hall–Kier alpha value is -1.68. The minimum Gasteiger partial charge on any atom is -0.391 e. The van der Waals surface area contributed by atoms with Gasteiger partial charge in [0, 0.05) is 17.3 Å². The van der Waals surface area contributed by atoms with Gasteiger partial charge in [0.15, 0.2) is 5.82 Å². The molecule has 1 aromatic heterocycles. The molecule has 19 heavy (non-hydrogen) atoms. The molecule has 102 valence electrons. The van der Waals surface area contributed by atoms with E-state index in [1.54, 1.807) is 6.20 Å². The van der Waals surface area contributed by atoms with E-state index in [2.05, 4.69) is 36.3 Å². The molecule has 0 spiro atoms. The average Bonchev–Trinajstić information content (AvgIpc) is 2.34. The predicted octanol–water partition coefficient (Wildman–Crippen LogP) is 2.84. The van der Waals surface area contributed by atoms with Gasteiger partial charge in [0.1, 0.15) is 0 Å². The Labute approximate surface area is 113 Å². The lowest BCUT2D eigenvalue weighted by atomic mass is 9.89. The van der Waals surface area contributed by atoms with Crippen LogP contribution in [0.15, 0.2) is 30.5 Å². The summed E-state index contributed by atoms with van der Waals surface area (Å²) in [4.78, 5) is 0. The van der Waals surface area contributed by atoms with Gasteiger partial charge in [-0.1, -0.05) is 45.0 Å². The van der Waals surface area contributed by atoms with Gasteiger partial charge in [-0.25, -0.2) is 0 Å². The lowest BCUT2D eigenvalue weighted by molar-refractivity contribution is 0.132. The van der Waals surface area contributed by atoms with Crippen LogP contribution in [-0.4, -0.2) is 28.0 Å². The van der Waals surface area contributed by atoms with Crippen LogP contribution in [0, 0.1) is 5.41 Å². The zero-order chi connectivity index (χ0) is 13.9. The molecule has 0 aliphatic heterocycles. The van der Waals surface area contributed by atoms with E-state index < -0.39 is 0 Å². The Kier molecular flexibility index (Phi) is 4.00. The summed E-state index contributed by atoms with van der Waals surface area (Å²) in [6, 6.07) is 7.95. The molecule has 2 N–H and O–H groups in total. The molecule has 0 amide bonds. The minimum atomic E-state index is -0.388. The minimum absolute atomic E-state index is 0.117. The van der Waals surface area contributed by atoms with Crippen molar-refractivity contribution < 1.29 is 5.11 Å². The van der Waals surface area contributed by atoms with Crippen molar-refractivity contribution in [3.63, 3.8) is 0 Å². The van der Waals surface area contributed by atoms with Gasteiger partial charge in [0.25, 0.3) is 0 Å². The van der Waals surface area contributed by atoms with Crippen molar-refractivity contribution in [2.45, 2.75) is 33.3 Å². The van der Waals surface area contributed by atoms with Crippen molar-refractivity contribution in [2.75, 3.05) is 11.9 Å². The number of rotatable bonds is 4. The second-order valence-electron chi connectivity index (χ2n) is 6.08. The van der Waals surface area contributed by atoms with Gasteiger partial charge in [-0.2, -0.15) is 5.10 Å². The van der Waals surface area contributed by atoms with Gasteiger partial charge in [0.05, 0.1) is 12.3 Å². The lowest BCUT2D eigenvalue weighted by Gasteiger charge is -2.22. The number of hydrogen-bond donors (Lipinski definition) is 2. The largest absolute Gasteiger partial charge is 0.391 e. The quantitative estimate of drug-likeness (QED) is 0.886. The average molecular weight is 259 g/mol. The summed E-state index contributed by atoms with van der Waals surface area (Å²) in [5.41, 5.74) is 0.117. The van der Waals surface area contributed by atoms with E-state index in [0.717, 1.165) is 23.0 Å². The molecule has 0 radical (unpaired) electrons. The first-order valence-corrected chi connectivity index (χ1v) is 6.58. The van der Waals surface area contributed by atoms with E-state index in [0.29, 0.717) is 6.54 Å². The van der Waals surface area contributed by atoms with Crippen LogP contribution in [0.4, 0.5) is 5.82 Å². The van der Waals surface area contributed by atoms with E-state index in [1.807, 2.05) is 24.3 Å². The van der Waals surface area contributed by atoms with Crippen molar-refractivity contribution in [1.29, 1.82) is 0 Å². The molecule has 0 aliphatic carbocycles.